The number of nitrogens with zero attached hydrogens (tertiary/aromatic N) is 2. The van der Waals surface area contributed by atoms with Crippen LogP contribution in [0.1, 0.15) is 25.7 Å². The molecule has 5 nitrogen and oxygen atoms in total. The average Bonchev–Trinajstić information content (AvgIpc) is 2.98. The van der Waals surface area contributed by atoms with Crippen molar-refractivity contribution in [3.63, 3.8) is 0 Å². The molecule has 1 saturated heterocycles. The van der Waals surface area contributed by atoms with E-state index in [1.807, 2.05) is 29.2 Å². The Balaban J connectivity index is 1.87. The first-order chi connectivity index (χ1) is 13.6. The van der Waals surface area contributed by atoms with Gasteiger partial charge in [0.1, 0.15) is 0 Å². The fourth-order valence-corrected chi connectivity index (χ4v) is 5.20. The van der Waals surface area contributed by atoms with E-state index >= 15 is 0 Å². The van der Waals surface area contributed by atoms with Crippen molar-refractivity contribution in [3.05, 3.63) is 59.1 Å². The number of rotatable bonds is 4. The molecule has 7 heteroatoms. The van der Waals surface area contributed by atoms with E-state index in [4.69, 9.17) is 4.42 Å². The summed E-state index contributed by atoms with van der Waals surface area (Å²) in [4.78, 5) is 6.71. The lowest BCUT2D eigenvalue weighted by Gasteiger charge is -2.20. The Kier molecular flexibility index (Phi) is 5.55. The molecule has 1 aliphatic rings. The van der Waals surface area contributed by atoms with Gasteiger partial charge < -0.3 is 9.32 Å². The van der Waals surface area contributed by atoms with Gasteiger partial charge in [-0.15, -0.1) is 0 Å². The molecule has 146 valence electrons. The first-order valence-electron chi connectivity index (χ1n) is 9.38. The fourth-order valence-electron chi connectivity index (χ4n) is 3.41. The number of benzene rings is 2. The van der Waals surface area contributed by atoms with Crippen molar-refractivity contribution in [3.8, 4) is 11.5 Å². The highest BCUT2D eigenvalue weighted by molar-refractivity contribution is 9.10. The van der Waals surface area contributed by atoms with Crippen molar-refractivity contribution in [1.29, 1.82) is 0 Å². The van der Waals surface area contributed by atoms with Gasteiger partial charge in [0, 0.05) is 17.6 Å². The molecule has 1 fully saturated rings. The van der Waals surface area contributed by atoms with Crippen molar-refractivity contribution in [2.75, 3.05) is 18.0 Å². The van der Waals surface area contributed by atoms with Gasteiger partial charge in [0.15, 0.2) is 0 Å². The number of hydrogen-bond acceptors (Lipinski definition) is 5. The van der Waals surface area contributed by atoms with Crippen molar-refractivity contribution < 1.29 is 12.8 Å². The summed E-state index contributed by atoms with van der Waals surface area (Å²) >= 11 is 3.51. The zero-order valence-corrected chi connectivity index (χ0v) is 17.7. The van der Waals surface area contributed by atoms with Crippen LogP contribution < -0.4 is 4.90 Å². The third-order valence-corrected chi connectivity index (χ3v) is 7.24. The molecule has 0 bridgehead atoms. The smallest absolute Gasteiger partial charge is 0.236 e. The minimum Gasteiger partial charge on any atom is -0.419 e. The molecule has 0 N–H and O–H groups in total. The standard InChI is InChI=1S/C21H21BrN2O3S/c22-18-13-7-6-12-17(18)19-23-20(28(25,26)16-10-4-3-5-11-16)21(27-19)24-14-8-1-2-9-15-24/h3-7,10-13H,1-2,8-9,14-15H2. The van der Waals surface area contributed by atoms with Gasteiger partial charge in [-0.25, -0.2) is 8.42 Å². The summed E-state index contributed by atoms with van der Waals surface area (Å²) in [6.07, 6.45) is 4.30. The highest BCUT2D eigenvalue weighted by Crippen LogP contribution is 2.37. The van der Waals surface area contributed by atoms with Crippen LogP contribution in [0.5, 0.6) is 0 Å². The summed E-state index contributed by atoms with van der Waals surface area (Å²) in [7, 11) is -3.79. The lowest BCUT2D eigenvalue weighted by atomic mass is 10.2. The third-order valence-electron chi connectivity index (χ3n) is 4.88. The number of aromatic nitrogens is 1. The number of sulfone groups is 1. The van der Waals surface area contributed by atoms with Crippen LogP contribution in [0.4, 0.5) is 5.88 Å². The second-order valence-electron chi connectivity index (χ2n) is 6.83. The van der Waals surface area contributed by atoms with Gasteiger partial charge in [0.2, 0.25) is 26.6 Å². The molecule has 3 aromatic rings. The molecule has 0 aliphatic carbocycles. The lowest BCUT2D eigenvalue weighted by molar-refractivity contribution is 0.543. The van der Waals surface area contributed by atoms with Crippen molar-refractivity contribution in [2.24, 2.45) is 0 Å². The molecule has 1 aliphatic heterocycles. The average molecular weight is 461 g/mol. The number of hydrogen-bond donors (Lipinski definition) is 0. The number of halogens is 1. The summed E-state index contributed by atoms with van der Waals surface area (Å²) in [6, 6.07) is 15.9. The van der Waals surface area contributed by atoms with Gasteiger partial charge in [-0.05, 0) is 53.0 Å². The van der Waals surface area contributed by atoms with Crippen molar-refractivity contribution >= 4 is 31.7 Å². The van der Waals surface area contributed by atoms with E-state index in [2.05, 4.69) is 20.9 Å². The Hall–Kier alpha value is -2.12. The summed E-state index contributed by atoms with van der Waals surface area (Å²) in [5, 5.41) is -0.00801. The zero-order valence-electron chi connectivity index (χ0n) is 15.3. The van der Waals surface area contributed by atoms with Gasteiger partial charge in [0.25, 0.3) is 0 Å². The molecule has 0 amide bonds. The van der Waals surface area contributed by atoms with E-state index in [0.29, 0.717) is 11.8 Å². The number of oxazole rings is 1. The van der Waals surface area contributed by atoms with E-state index in [1.165, 1.54) is 0 Å². The molecule has 0 spiro atoms. The van der Waals surface area contributed by atoms with Gasteiger partial charge in [-0.3, -0.25) is 0 Å². The summed E-state index contributed by atoms with van der Waals surface area (Å²) in [6.45, 7) is 1.53. The molecule has 4 rings (SSSR count). The Labute approximate surface area is 173 Å². The highest BCUT2D eigenvalue weighted by Gasteiger charge is 2.31. The SMILES string of the molecule is O=S(=O)(c1ccccc1)c1nc(-c2ccccc2Br)oc1N1CCCCCC1. The van der Waals surface area contributed by atoms with Crippen LogP contribution in [-0.2, 0) is 9.84 Å². The molecular formula is C21H21BrN2O3S. The van der Waals surface area contributed by atoms with E-state index in [0.717, 1.165) is 48.8 Å². The van der Waals surface area contributed by atoms with Gasteiger partial charge in [-0.1, -0.05) is 43.2 Å². The van der Waals surface area contributed by atoms with Crippen molar-refractivity contribution in [1.82, 2.24) is 4.98 Å². The van der Waals surface area contributed by atoms with Crippen LogP contribution in [-0.4, -0.2) is 26.5 Å². The minimum atomic E-state index is -3.79. The Morgan fingerprint density at radius 2 is 1.54 bits per heavy atom. The molecular weight excluding hydrogens is 440 g/mol. The number of anilines is 1. The quantitative estimate of drug-likeness (QED) is 0.527. The van der Waals surface area contributed by atoms with Crippen LogP contribution >= 0.6 is 15.9 Å². The first kappa shape index (κ1) is 19.2. The first-order valence-corrected chi connectivity index (χ1v) is 11.7. The Bertz CT molecular complexity index is 1060. The maximum Gasteiger partial charge on any atom is 0.236 e. The summed E-state index contributed by atoms with van der Waals surface area (Å²) in [5.41, 5.74) is 0.730. The minimum absolute atomic E-state index is 0.00801. The second kappa shape index (κ2) is 8.09. The highest BCUT2D eigenvalue weighted by atomic mass is 79.9. The van der Waals surface area contributed by atoms with E-state index in [-0.39, 0.29) is 9.92 Å². The topological polar surface area (TPSA) is 63.4 Å². The van der Waals surface area contributed by atoms with Gasteiger partial charge >= 0.3 is 0 Å². The van der Waals surface area contributed by atoms with Crippen LogP contribution in [0, 0.1) is 0 Å². The van der Waals surface area contributed by atoms with Crippen molar-refractivity contribution in [2.45, 2.75) is 35.6 Å². The molecule has 0 saturated carbocycles. The lowest BCUT2D eigenvalue weighted by Crippen LogP contribution is -2.25. The Morgan fingerprint density at radius 3 is 2.21 bits per heavy atom. The zero-order chi connectivity index (χ0) is 19.6. The predicted octanol–water partition coefficient (Wildman–Crippen LogP) is 5.32. The summed E-state index contributed by atoms with van der Waals surface area (Å²) < 4.78 is 33.6. The van der Waals surface area contributed by atoms with Gasteiger partial charge in [-0.2, -0.15) is 4.98 Å². The second-order valence-corrected chi connectivity index (χ2v) is 9.55. The maximum atomic E-state index is 13.4. The fraction of sp³-hybridized carbons (Fsp3) is 0.286. The maximum absolute atomic E-state index is 13.4. The van der Waals surface area contributed by atoms with E-state index < -0.39 is 9.84 Å². The molecule has 0 unspecified atom stereocenters. The van der Waals surface area contributed by atoms with Crippen LogP contribution in [0.15, 0.2) is 73.4 Å². The van der Waals surface area contributed by atoms with E-state index in [1.54, 1.807) is 30.3 Å². The molecule has 28 heavy (non-hydrogen) atoms. The van der Waals surface area contributed by atoms with Crippen LogP contribution in [0.3, 0.4) is 0 Å². The third kappa shape index (κ3) is 3.73. The van der Waals surface area contributed by atoms with Crippen LogP contribution in [0.25, 0.3) is 11.5 Å². The largest absolute Gasteiger partial charge is 0.419 e. The van der Waals surface area contributed by atoms with Crippen LogP contribution in [0.2, 0.25) is 0 Å². The monoisotopic (exact) mass is 460 g/mol. The molecule has 2 aromatic carbocycles. The molecule has 2 heterocycles. The molecule has 1 aromatic heterocycles. The summed E-state index contributed by atoms with van der Waals surface area (Å²) in [5.74, 6) is 0.651. The Morgan fingerprint density at radius 1 is 0.893 bits per heavy atom. The molecule has 0 atom stereocenters. The predicted molar refractivity (Wildman–Crippen MR) is 112 cm³/mol. The van der Waals surface area contributed by atoms with E-state index in [9.17, 15) is 8.42 Å². The van der Waals surface area contributed by atoms with Gasteiger partial charge in [0.05, 0.1) is 10.5 Å². The molecule has 0 radical (unpaired) electrons. The normalized spacial score (nSPS) is 15.4.